The van der Waals surface area contributed by atoms with Crippen molar-refractivity contribution in [3.8, 4) is 0 Å². The zero-order chi connectivity index (χ0) is 13.1. The number of fused-ring (bicyclic) bond motifs is 1. The van der Waals surface area contributed by atoms with Crippen molar-refractivity contribution in [1.82, 2.24) is 10.3 Å². The van der Waals surface area contributed by atoms with Crippen LogP contribution < -0.4 is 0 Å². The fourth-order valence-corrected chi connectivity index (χ4v) is 1.69. The smallest absolute Gasteiger partial charge is 0.321 e. The molecule has 18 heavy (non-hydrogen) atoms. The Kier molecular flexibility index (Phi) is 3.18. The Hall–Kier alpha value is -2.50. The third-order valence-corrected chi connectivity index (χ3v) is 2.55. The normalized spacial score (nSPS) is 12.1. The van der Waals surface area contributed by atoms with Crippen LogP contribution in [0.15, 0.2) is 35.5 Å². The Morgan fingerprint density at radius 1 is 1.44 bits per heavy atom. The average molecular weight is 246 g/mol. The average Bonchev–Trinajstić information content (AvgIpc) is 2.87. The van der Waals surface area contributed by atoms with Crippen LogP contribution >= 0.6 is 0 Å². The standard InChI is InChI=1S/C12H10N2O4/c1-3-9(15)10(12(16)17-2)7-5-4-6-8-11(7)14-18-13-8/h3-6,10H,1H2,2H3/t10-/m1/s1. The minimum absolute atomic E-state index is 0.364. The van der Waals surface area contributed by atoms with Crippen molar-refractivity contribution < 1.29 is 19.0 Å². The maximum Gasteiger partial charge on any atom is 0.321 e. The fourth-order valence-electron chi connectivity index (χ4n) is 1.69. The topological polar surface area (TPSA) is 82.3 Å². The van der Waals surface area contributed by atoms with Crippen molar-refractivity contribution in [3.05, 3.63) is 36.4 Å². The van der Waals surface area contributed by atoms with Gasteiger partial charge in [0.2, 0.25) is 0 Å². The summed E-state index contributed by atoms with van der Waals surface area (Å²) in [5.41, 5.74) is 1.23. The van der Waals surface area contributed by atoms with Crippen LogP contribution in [0, 0.1) is 0 Å². The molecule has 0 fully saturated rings. The minimum atomic E-state index is -1.09. The molecule has 92 valence electrons. The van der Waals surface area contributed by atoms with Gasteiger partial charge in [-0.05, 0) is 22.5 Å². The van der Waals surface area contributed by atoms with Crippen LogP contribution in [0.4, 0.5) is 0 Å². The molecule has 6 heteroatoms. The molecule has 0 aliphatic carbocycles. The lowest BCUT2D eigenvalue weighted by molar-refractivity contribution is -0.144. The van der Waals surface area contributed by atoms with Gasteiger partial charge in [-0.25, -0.2) is 4.63 Å². The van der Waals surface area contributed by atoms with E-state index in [0.29, 0.717) is 16.6 Å². The van der Waals surface area contributed by atoms with E-state index in [1.165, 1.54) is 7.11 Å². The van der Waals surface area contributed by atoms with Gasteiger partial charge in [-0.3, -0.25) is 9.59 Å². The third-order valence-electron chi connectivity index (χ3n) is 2.55. The molecule has 0 saturated carbocycles. The highest BCUT2D eigenvalue weighted by Gasteiger charge is 2.30. The van der Waals surface area contributed by atoms with Crippen molar-refractivity contribution >= 4 is 22.8 Å². The molecule has 0 spiro atoms. The van der Waals surface area contributed by atoms with E-state index in [-0.39, 0.29) is 0 Å². The second-order valence-electron chi connectivity index (χ2n) is 3.54. The Morgan fingerprint density at radius 3 is 2.89 bits per heavy atom. The van der Waals surface area contributed by atoms with E-state index in [1.54, 1.807) is 18.2 Å². The molecule has 0 amide bonds. The van der Waals surface area contributed by atoms with Crippen LogP contribution in [0.1, 0.15) is 11.5 Å². The molecule has 0 bridgehead atoms. The molecule has 1 atom stereocenters. The largest absolute Gasteiger partial charge is 0.468 e. The molecular weight excluding hydrogens is 236 g/mol. The van der Waals surface area contributed by atoms with Crippen molar-refractivity contribution in [3.63, 3.8) is 0 Å². The molecule has 0 aliphatic rings. The van der Waals surface area contributed by atoms with Gasteiger partial charge in [-0.1, -0.05) is 18.7 Å². The van der Waals surface area contributed by atoms with Crippen molar-refractivity contribution in [2.75, 3.05) is 7.11 Å². The molecule has 0 radical (unpaired) electrons. The van der Waals surface area contributed by atoms with Gasteiger partial charge in [-0.2, -0.15) is 0 Å². The molecule has 0 N–H and O–H groups in total. The second-order valence-corrected chi connectivity index (χ2v) is 3.54. The molecular formula is C12H10N2O4. The SMILES string of the molecule is C=CC(=O)[C@H](C(=O)OC)c1cccc2nonc12. The highest BCUT2D eigenvalue weighted by Crippen LogP contribution is 2.25. The number of carbonyl (C=O) groups excluding carboxylic acids is 2. The number of carbonyl (C=O) groups is 2. The maximum atomic E-state index is 11.8. The van der Waals surface area contributed by atoms with Gasteiger partial charge in [0.1, 0.15) is 17.0 Å². The summed E-state index contributed by atoms with van der Waals surface area (Å²) in [6, 6.07) is 4.94. The van der Waals surface area contributed by atoms with Crippen molar-refractivity contribution in [2.45, 2.75) is 5.92 Å². The summed E-state index contributed by atoms with van der Waals surface area (Å²) in [7, 11) is 1.22. The molecule has 6 nitrogen and oxygen atoms in total. The number of ketones is 1. The predicted octanol–water partition coefficient (Wildman–Crippen LogP) is 1.23. The third kappa shape index (κ3) is 1.88. The molecule has 0 unspecified atom stereocenters. The summed E-state index contributed by atoms with van der Waals surface area (Å²) < 4.78 is 9.22. The zero-order valence-corrected chi connectivity index (χ0v) is 9.62. The van der Waals surface area contributed by atoms with Gasteiger partial charge in [0, 0.05) is 5.56 Å². The van der Waals surface area contributed by atoms with E-state index in [4.69, 9.17) is 0 Å². The van der Waals surface area contributed by atoms with Gasteiger partial charge < -0.3 is 4.74 Å². The number of allylic oxidation sites excluding steroid dienone is 1. The summed E-state index contributed by atoms with van der Waals surface area (Å²) >= 11 is 0. The second kappa shape index (κ2) is 4.79. The monoisotopic (exact) mass is 246 g/mol. The number of benzene rings is 1. The van der Waals surface area contributed by atoms with E-state index < -0.39 is 17.7 Å². The molecule has 1 aromatic carbocycles. The Morgan fingerprint density at radius 2 is 2.22 bits per heavy atom. The van der Waals surface area contributed by atoms with E-state index in [2.05, 4.69) is 26.3 Å². The lowest BCUT2D eigenvalue weighted by Gasteiger charge is -2.11. The summed E-state index contributed by atoms with van der Waals surface area (Å²) in [5.74, 6) is -2.23. The van der Waals surface area contributed by atoms with Crippen molar-refractivity contribution in [1.29, 1.82) is 0 Å². The van der Waals surface area contributed by atoms with Crippen LogP contribution in [0.3, 0.4) is 0 Å². The van der Waals surface area contributed by atoms with E-state index >= 15 is 0 Å². The summed E-state index contributed by atoms with van der Waals surface area (Å²) in [6.45, 7) is 3.37. The van der Waals surface area contributed by atoms with Gasteiger partial charge in [0.05, 0.1) is 7.11 Å². The number of rotatable bonds is 4. The molecule has 1 heterocycles. The summed E-state index contributed by atoms with van der Waals surface area (Å²) in [6.07, 6.45) is 1.08. The van der Waals surface area contributed by atoms with Crippen LogP contribution in [0.25, 0.3) is 11.0 Å². The summed E-state index contributed by atoms with van der Waals surface area (Å²) in [4.78, 5) is 23.5. The van der Waals surface area contributed by atoms with Crippen LogP contribution in [0.5, 0.6) is 0 Å². The quantitative estimate of drug-likeness (QED) is 0.458. The zero-order valence-electron chi connectivity index (χ0n) is 9.62. The van der Waals surface area contributed by atoms with Gasteiger partial charge in [-0.15, -0.1) is 0 Å². The fraction of sp³-hybridized carbons (Fsp3) is 0.167. The highest BCUT2D eigenvalue weighted by molar-refractivity contribution is 6.11. The van der Waals surface area contributed by atoms with E-state index in [0.717, 1.165) is 6.08 Å². The minimum Gasteiger partial charge on any atom is -0.468 e. The number of esters is 1. The first-order chi connectivity index (χ1) is 8.69. The Labute approximate surface area is 102 Å². The lowest BCUT2D eigenvalue weighted by Crippen LogP contribution is -2.22. The number of methoxy groups -OCH3 is 1. The van der Waals surface area contributed by atoms with Crippen LogP contribution in [-0.4, -0.2) is 29.2 Å². The van der Waals surface area contributed by atoms with E-state index in [9.17, 15) is 9.59 Å². The van der Waals surface area contributed by atoms with Crippen molar-refractivity contribution in [2.24, 2.45) is 0 Å². The highest BCUT2D eigenvalue weighted by atomic mass is 16.6. The first kappa shape index (κ1) is 12.0. The van der Waals surface area contributed by atoms with E-state index in [1.807, 2.05) is 0 Å². The maximum absolute atomic E-state index is 11.8. The molecule has 1 aromatic heterocycles. The number of hydrogen-bond acceptors (Lipinski definition) is 6. The summed E-state index contributed by atoms with van der Waals surface area (Å²) in [5, 5.41) is 7.35. The number of ether oxygens (including phenoxy) is 1. The number of nitrogens with zero attached hydrogens (tertiary/aromatic N) is 2. The first-order valence-electron chi connectivity index (χ1n) is 5.14. The van der Waals surface area contributed by atoms with Gasteiger partial charge in [0.15, 0.2) is 5.78 Å². The molecule has 2 rings (SSSR count). The Bertz CT molecular complexity index is 617. The van der Waals surface area contributed by atoms with Gasteiger partial charge >= 0.3 is 5.97 Å². The molecule has 0 saturated heterocycles. The first-order valence-corrected chi connectivity index (χ1v) is 5.14. The van der Waals surface area contributed by atoms with Crippen LogP contribution in [0.2, 0.25) is 0 Å². The predicted molar refractivity (Wildman–Crippen MR) is 61.8 cm³/mol. The molecule has 0 aliphatic heterocycles. The Balaban J connectivity index is 2.60. The number of hydrogen-bond donors (Lipinski definition) is 0. The lowest BCUT2D eigenvalue weighted by atomic mass is 9.93. The van der Waals surface area contributed by atoms with Crippen LogP contribution in [-0.2, 0) is 14.3 Å². The number of aromatic nitrogens is 2. The molecule has 2 aromatic rings. The van der Waals surface area contributed by atoms with Gasteiger partial charge in [0.25, 0.3) is 0 Å².